The number of halogens is 1. The standard InChI is InChI=1S/C20H23BrN2O4S/c1-15-2-5-17(6-3-15)28(25,26)13-8-20(24)22-18-14-16(21)4-7-19(18)23-9-11-27-12-10-23/h2-7,14H,8-13H2,1H3,(H,22,24). The summed E-state index contributed by atoms with van der Waals surface area (Å²) in [5.74, 6) is -0.564. The fourth-order valence-corrected chi connectivity index (χ4v) is 4.59. The predicted octanol–water partition coefficient (Wildman–Crippen LogP) is 3.40. The van der Waals surface area contributed by atoms with Gasteiger partial charge in [-0.2, -0.15) is 0 Å². The Morgan fingerprint density at radius 2 is 1.82 bits per heavy atom. The van der Waals surface area contributed by atoms with E-state index in [1.807, 2.05) is 25.1 Å². The summed E-state index contributed by atoms with van der Waals surface area (Å²) in [7, 11) is -3.50. The van der Waals surface area contributed by atoms with Crippen molar-refractivity contribution in [2.24, 2.45) is 0 Å². The molecule has 1 N–H and O–H groups in total. The Bertz CT molecular complexity index is 939. The minimum Gasteiger partial charge on any atom is -0.378 e. The number of morpholine rings is 1. The molecule has 3 rings (SSSR count). The lowest BCUT2D eigenvalue weighted by Gasteiger charge is -2.30. The Labute approximate surface area is 173 Å². The highest BCUT2D eigenvalue weighted by Gasteiger charge is 2.19. The maximum atomic E-state index is 12.5. The molecule has 2 aromatic rings. The topological polar surface area (TPSA) is 75.7 Å². The van der Waals surface area contributed by atoms with Crippen molar-refractivity contribution in [3.63, 3.8) is 0 Å². The van der Waals surface area contributed by atoms with Crippen molar-refractivity contribution in [2.75, 3.05) is 42.3 Å². The van der Waals surface area contributed by atoms with Gasteiger partial charge in [-0.25, -0.2) is 8.42 Å². The van der Waals surface area contributed by atoms with Gasteiger partial charge in [-0.1, -0.05) is 33.6 Å². The van der Waals surface area contributed by atoms with E-state index < -0.39 is 9.84 Å². The van der Waals surface area contributed by atoms with Crippen LogP contribution in [0.5, 0.6) is 0 Å². The monoisotopic (exact) mass is 466 g/mol. The third-order valence-corrected chi connectivity index (χ3v) is 6.79. The van der Waals surface area contributed by atoms with Gasteiger partial charge in [-0.3, -0.25) is 4.79 Å². The number of carbonyl (C=O) groups is 1. The van der Waals surface area contributed by atoms with Gasteiger partial charge in [-0.15, -0.1) is 0 Å². The summed E-state index contributed by atoms with van der Waals surface area (Å²) in [6, 6.07) is 12.3. The number of sulfone groups is 1. The molecule has 150 valence electrons. The molecule has 0 saturated carbocycles. The fraction of sp³-hybridized carbons (Fsp3) is 0.350. The van der Waals surface area contributed by atoms with Gasteiger partial charge >= 0.3 is 0 Å². The minimum absolute atomic E-state index is 0.106. The van der Waals surface area contributed by atoms with Crippen molar-refractivity contribution in [3.05, 3.63) is 52.5 Å². The average Bonchev–Trinajstić information content (AvgIpc) is 2.68. The largest absolute Gasteiger partial charge is 0.378 e. The number of nitrogens with one attached hydrogen (secondary N) is 1. The lowest BCUT2D eigenvalue weighted by Crippen LogP contribution is -2.36. The van der Waals surface area contributed by atoms with Crippen molar-refractivity contribution in [3.8, 4) is 0 Å². The van der Waals surface area contributed by atoms with Gasteiger partial charge in [0.25, 0.3) is 0 Å². The molecule has 0 spiro atoms. The lowest BCUT2D eigenvalue weighted by molar-refractivity contribution is -0.115. The number of ether oxygens (including phenoxy) is 1. The van der Waals surface area contributed by atoms with Crippen molar-refractivity contribution < 1.29 is 17.9 Å². The van der Waals surface area contributed by atoms with E-state index in [2.05, 4.69) is 26.1 Å². The van der Waals surface area contributed by atoms with Crippen molar-refractivity contribution in [1.82, 2.24) is 0 Å². The smallest absolute Gasteiger partial charge is 0.225 e. The minimum atomic E-state index is -3.50. The van der Waals surface area contributed by atoms with Crippen LogP contribution < -0.4 is 10.2 Å². The number of rotatable bonds is 6. The Kier molecular flexibility index (Phi) is 6.74. The first kappa shape index (κ1) is 20.8. The fourth-order valence-electron chi connectivity index (χ4n) is 2.99. The van der Waals surface area contributed by atoms with E-state index in [-0.39, 0.29) is 23.0 Å². The predicted molar refractivity (Wildman–Crippen MR) is 114 cm³/mol. The van der Waals surface area contributed by atoms with Crippen LogP contribution in [0.1, 0.15) is 12.0 Å². The Morgan fingerprint density at radius 1 is 1.14 bits per heavy atom. The highest BCUT2D eigenvalue weighted by molar-refractivity contribution is 9.10. The van der Waals surface area contributed by atoms with Gasteiger partial charge in [0, 0.05) is 24.0 Å². The first-order valence-electron chi connectivity index (χ1n) is 9.07. The molecule has 6 nitrogen and oxygen atoms in total. The van der Waals surface area contributed by atoms with E-state index in [0.29, 0.717) is 18.9 Å². The maximum Gasteiger partial charge on any atom is 0.225 e. The molecule has 2 aromatic carbocycles. The molecule has 1 saturated heterocycles. The van der Waals surface area contributed by atoms with Crippen LogP contribution in [0.25, 0.3) is 0 Å². The van der Waals surface area contributed by atoms with Crippen LogP contribution in [-0.2, 0) is 19.4 Å². The Balaban J connectivity index is 1.67. The second kappa shape index (κ2) is 9.07. The molecule has 0 aliphatic carbocycles. The quantitative estimate of drug-likeness (QED) is 0.705. The maximum absolute atomic E-state index is 12.5. The first-order chi connectivity index (χ1) is 13.3. The molecule has 1 aliphatic rings. The van der Waals surface area contributed by atoms with E-state index in [0.717, 1.165) is 28.8 Å². The molecule has 1 aliphatic heterocycles. The summed E-state index contributed by atoms with van der Waals surface area (Å²) in [6.07, 6.45) is -0.106. The summed E-state index contributed by atoms with van der Waals surface area (Å²) in [5, 5.41) is 2.87. The average molecular weight is 467 g/mol. The van der Waals surface area contributed by atoms with Gasteiger partial charge in [-0.05, 0) is 37.3 Å². The number of aryl methyl sites for hydroxylation is 1. The highest BCUT2D eigenvalue weighted by Crippen LogP contribution is 2.30. The normalized spacial score (nSPS) is 14.7. The Hall–Kier alpha value is -1.90. The molecule has 1 heterocycles. The number of carbonyl (C=O) groups excluding carboxylic acids is 1. The molecule has 1 fully saturated rings. The summed E-state index contributed by atoms with van der Waals surface area (Å²) in [5.41, 5.74) is 2.55. The van der Waals surface area contributed by atoms with E-state index in [1.54, 1.807) is 24.3 Å². The molecule has 0 atom stereocenters. The summed E-state index contributed by atoms with van der Waals surface area (Å²) >= 11 is 3.43. The molecule has 0 unspecified atom stereocenters. The number of hydrogen-bond acceptors (Lipinski definition) is 5. The summed E-state index contributed by atoms with van der Waals surface area (Å²) < 4.78 is 31.1. The molecule has 28 heavy (non-hydrogen) atoms. The van der Waals surface area contributed by atoms with Crippen LogP contribution in [0.3, 0.4) is 0 Å². The van der Waals surface area contributed by atoms with Gasteiger partial charge in [0.1, 0.15) is 0 Å². The zero-order valence-electron chi connectivity index (χ0n) is 15.7. The van der Waals surface area contributed by atoms with Gasteiger partial charge in [0.15, 0.2) is 9.84 Å². The van der Waals surface area contributed by atoms with E-state index >= 15 is 0 Å². The molecule has 1 amide bonds. The summed E-state index contributed by atoms with van der Waals surface area (Å²) in [6.45, 7) is 4.66. The van der Waals surface area contributed by atoms with Crippen LogP contribution in [0, 0.1) is 6.92 Å². The van der Waals surface area contributed by atoms with Crippen molar-refractivity contribution >= 4 is 43.0 Å². The molecule has 0 radical (unpaired) electrons. The van der Waals surface area contributed by atoms with Crippen molar-refractivity contribution in [1.29, 1.82) is 0 Å². The molecular formula is C20H23BrN2O4S. The first-order valence-corrected chi connectivity index (χ1v) is 11.5. The zero-order valence-corrected chi connectivity index (χ0v) is 18.1. The van der Waals surface area contributed by atoms with Gasteiger partial charge in [0.2, 0.25) is 5.91 Å². The van der Waals surface area contributed by atoms with Crippen LogP contribution in [-0.4, -0.2) is 46.4 Å². The van der Waals surface area contributed by atoms with E-state index in [4.69, 9.17) is 4.74 Å². The van der Waals surface area contributed by atoms with Crippen LogP contribution in [0.4, 0.5) is 11.4 Å². The van der Waals surface area contributed by atoms with Crippen LogP contribution in [0.15, 0.2) is 51.8 Å². The molecule has 0 aromatic heterocycles. The van der Waals surface area contributed by atoms with E-state index in [9.17, 15) is 13.2 Å². The lowest BCUT2D eigenvalue weighted by atomic mass is 10.2. The summed E-state index contributed by atoms with van der Waals surface area (Å²) in [4.78, 5) is 14.8. The number of benzene rings is 2. The second-order valence-corrected chi connectivity index (χ2v) is 9.72. The van der Waals surface area contributed by atoms with Gasteiger partial charge in [0.05, 0.1) is 35.2 Å². The molecular weight excluding hydrogens is 444 g/mol. The third-order valence-electron chi connectivity index (χ3n) is 4.56. The van der Waals surface area contributed by atoms with Crippen LogP contribution in [0.2, 0.25) is 0 Å². The second-order valence-electron chi connectivity index (χ2n) is 6.69. The number of amides is 1. The number of hydrogen-bond donors (Lipinski definition) is 1. The van der Waals surface area contributed by atoms with Gasteiger partial charge < -0.3 is 15.0 Å². The SMILES string of the molecule is Cc1ccc(S(=O)(=O)CCC(=O)Nc2cc(Br)ccc2N2CCOCC2)cc1. The van der Waals surface area contributed by atoms with Crippen molar-refractivity contribution in [2.45, 2.75) is 18.2 Å². The number of anilines is 2. The number of nitrogens with zero attached hydrogens (tertiary/aromatic N) is 1. The zero-order chi connectivity index (χ0) is 20.1. The van der Waals surface area contributed by atoms with E-state index in [1.165, 1.54) is 0 Å². The van der Waals surface area contributed by atoms with Crippen LogP contribution >= 0.6 is 15.9 Å². The molecule has 8 heteroatoms. The highest BCUT2D eigenvalue weighted by atomic mass is 79.9. The Morgan fingerprint density at radius 3 is 2.50 bits per heavy atom. The molecule has 0 bridgehead atoms. The third kappa shape index (κ3) is 5.33.